The van der Waals surface area contributed by atoms with Crippen molar-refractivity contribution in [2.45, 2.75) is 25.4 Å². The molecule has 1 heterocycles. The first-order valence-electron chi connectivity index (χ1n) is 4.77. The van der Waals surface area contributed by atoms with Crippen molar-refractivity contribution in [2.24, 2.45) is 0 Å². The summed E-state index contributed by atoms with van der Waals surface area (Å²) in [5.41, 5.74) is 1.09. The highest BCUT2D eigenvalue weighted by Gasteiger charge is 2.29. The summed E-state index contributed by atoms with van der Waals surface area (Å²) in [5, 5.41) is 9.27. The molecule has 1 aliphatic heterocycles. The molecule has 2 rings (SSSR count). The number of benzene rings is 1. The third kappa shape index (κ3) is 1.95. The van der Waals surface area contributed by atoms with Crippen LogP contribution in [0.15, 0.2) is 30.3 Å². The highest BCUT2D eigenvalue weighted by atomic mass is 16.7. The van der Waals surface area contributed by atoms with E-state index in [1.54, 1.807) is 6.92 Å². The summed E-state index contributed by atoms with van der Waals surface area (Å²) in [4.78, 5) is 0. The maximum Gasteiger partial charge on any atom is 0.184 e. The van der Waals surface area contributed by atoms with Crippen LogP contribution in [0.25, 0.3) is 0 Å². The van der Waals surface area contributed by atoms with Crippen LogP contribution in [0.5, 0.6) is 0 Å². The Balaban J connectivity index is 2.03. The minimum Gasteiger partial charge on any atom is -0.388 e. The van der Waals surface area contributed by atoms with Crippen LogP contribution in [0.4, 0.5) is 0 Å². The van der Waals surface area contributed by atoms with Crippen LogP contribution in [0, 0.1) is 0 Å². The maximum atomic E-state index is 9.27. The summed E-state index contributed by atoms with van der Waals surface area (Å²) in [6, 6.07) is 9.89. The Hall–Kier alpha value is -0.900. The Morgan fingerprint density at radius 2 is 2.07 bits per heavy atom. The van der Waals surface area contributed by atoms with Gasteiger partial charge in [0.1, 0.15) is 12.2 Å². The zero-order chi connectivity index (χ0) is 9.97. The van der Waals surface area contributed by atoms with E-state index in [1.165, 1.54) is 0 Å². The number of hydrogen-bond donors (Lipinski definition) is 1. The molecule has 0 bridgehead atoms. The van der Waals surface area contributed by atoms with Gasteiger partial charge in [0.05, 0.1) is 6.61 Å². The van der Waals surface area contributed by atoms with Gasteiger partial charge < -0.3 is 14.6 Å². The van der Waals surface area contributed by atoms with E-state index in [0.29, 0.717) is 6.61 Å². The fourth-order valence-corrected chi connectivity index (χ4v) is 1.52. The Morgan fingerprint density at radius 3 is 2.64 bits per heavy atom. The molecule has 1 aliphatic rings. The third-order valence-corrected chi connectivity index (χ3v) is 2.28. The average molecular weight is 194 g/mol. The van der Waals surface area contributed by atoms with Crippen molar-refractivity contribution in [3.05, 3.63) is 35.9 Å². The fourth-order valence-electron chi connectivity index (χ4n) is 1.52. The molecule has 1 aromatic carbocycles. The Morgan fingerprint density at radius 1 is 1.36 bits per heavy atom. The van der Waals surface area contributed by atoms with E-state index in [2.05, 4.69) is 0 Å². The molecule has 1 fully saturated rings. The van der Waals surface area contributed by atoms with Gasteiger partial charge in [-0.1, -0.05) is 30.3 Å². The number of aliphatic hydroxyl groups excluding tert-OH is 1. The Bertz CT molecular complexity index is 284. The maximum absolute atomic E-state index is 9.27. The van der Waals surface area contributed by atoms with E-state index in [9.17, 15) is 5.11 Å². The first-order chi connectivity index (χ1) is 6.77. The molecule has 3 unspecified atom stereocenters. The first kappa shape index (κ1) is 9.65. The molecule has 0 aromatic heterocycles. The Kier molecular flexibility index (Phi) is 2.82. The first-order valence-corrected chi connectivity index (χ1v) is 4.77. The van der Waals surface area contributed by atoms with Crippen molar-refractivity contribution in [1.29, 1.82) is 0 Å². The molecule has 1 N–H and O–H groups in total. The van der Waals surface area contributed by atoms with Gasteiger partial charge in [0.2, 0.25) is 0 Å². The molecular weight excluding hydrogens is 180 g/mol. The molecule has 0 radical (unpaired) electrons. The lowest BCUT2D eigenvalue weighted by molar-refractivity contribution is -0.124. The van der Waals surface area contributed by atoms with Crippen molar-refractivity contribution in [3.63, 3.8) is 0 Å². The summed E-state index contributed by atoms with van der Waals surface area (Å²) in [7, 11) is 0. The zero-order valence-corrected chi connectivity index (χ0v) is 8.09. The lowest BCUT2D eigenvalue weighted by Crippen LogP contribution is -2.23. The highest BCUT2D eigenvalue weighted by Crippen LogP contribution is 2.27. The summed E-state index contributed by atoms with van der Waals surface area (Å²) < 4.78 is 10.8. The molecule has 0 amide bonds. The summed E-state index contributed by atoms with van der Waals surface area (Å²) >= 11 is 0. The van der Waals surface area contributed by atoms with Gasteiger partial charge in [0, 0.05) is 0 Å². The van der Waals surface area contributed by atoms with Crippen LogP contribution in [-0.2, 0) is 9.47 Å². The van der Waals surface area contributed by atoms with Crippen molar-refractivity contribution < 1.29 is 14.6 Å². The van der Waals surface area contributed by atoms with E-state index in [0.717, 1.165) is 5.56 Å². The monoisotopic (exact) mass is 194 g/mol. The predicted octanol–water partition coefficient (Wildman–Crippen LogP) is 1.48. The van der Waals surface area contributed by atoms with Crippen molar-refractivity contribution >= 4 is 0 Å². The van der Waals surface area contributed by atoms with Gasteiger partial charge in [-0.2, -0.15) is 0 Å². The Labute approximate surface area is 83.3 Å². The van der Waals surface area contributed by atoms with Crippen LogP contribution in [-0.4, -0.2) is 24.1 Å². The summed E-state index contributed by atoms with van der Waals surface area (Å²) in [5.74, 6) is 0. The normalized spacial score (nSPS) is 29.0. The molecule has 14 heavy (non-hydrogen) atoms. The van der Waals surface area contributed by atoms with Gasteiger partial charge in [0.25, 0.3) is 0 Å². The average Bonchev–Trinajstić information content (AvgIpc) is 2.68. The smallest absolute Gasteiger partial charge is 0.184 e. The van der Waals surface area contributed by atoms with E-state index >= 15 is 0 Å². The van der Waals surface area contributed by atoms with Gasteiger partial charge in [-0.05, 0) is 12.5 Å². The number of ether oxygens (including phenoxy) is 2. The topological polar surface area (TPSA) is 38.7 Å². The van der Waals surface area contributed by atoms with Gasteiger partial charge >= 0.3 is 0 Å². The molecular formula is C11H14O3. The van der Waals surface area contributed by atoms with Crippen LogP contribution < -0.4 is 0 Å². The lowest BCUT2D eigenvalue weighted by Gasteiger charge is -2.13. The number of rotatable bonds is 2. The molecule has 1 aromatic rings. The SMILES string of the molecule is CC(O)C1OCC(c2ccccc2)O1. The van der Waals surface area contributed by atoms with Crippen LogP contribution in [0.1, 0.15) is 18.6 Å². The standard InChI is InChI=1S/C11H14O3/c1-8(12)11-13-7-10(14-11)9-5-3-2-4-6-9/h2-6,8,10-12H,7H2,1H3. The lowest BCUT2D eigenvalue weighted by atomic mass is 10.1. The van der Waals surface area contributed by atoms with Crippen LogP contribution >= 0.6 is 0 Å². The second-order valence-corrected chi connectivity index (χ2v) is 3.48. The van der Waals surface area contributed by atoms with Crippen molar-refractivity contribution in [3.8, 4) is 0 Å². The second kappa shape index (κ2) is 4.09. The molecule has 0 saturated carbocycles. The molecule has 0 aliphatic carbocycles. The molecule has 76 valence electrons. The van der Waals surface area contributed by atoms with Crippen molar-refractivity contribution in [1.82, 2.24) is 0 Å². The van der Waals surface area contributed by atoms with Crippen LogP contribution in [0.3, 0.4) is 0 Å². The molecule has 3 atom stereocenters. The number of aliphatic hydroxyl groups is 1. The van der Waals surface area contributed by atoms with Gasteiger partial charge in [-0.15, -0.1) is 0 Å². The van der Waals surface area contributed by atoms with Crippen LogP contribution in [0.2, 0.25) is 0 Å². The fraction of sp³-hybridized carbons (Fsp3) is 0.455. The summed E-state index contributed by atoms with van der Waals surface area (Å²) in [6.07, 6.45) is -1.11. The molecule has 3 nitrogen and oxygen atoms in total. The van der Waals surface area contributed by atoms with Gasteiger partial charge in [-0.25, -0.2) is 0 Å². The van der Waals surface area contributed by atoms with E-state index < -0.39 is 12.4 Å². The van der Waals surface area contributed by atoms with E-state index in [1.807, 2.05) is 30.3 Å². The largest absolute Gasteiger partial charge is 0.388 e. The van der Waals surface area contributed by atoms with Gasteiger partial charge in [0.15, 0.2) is 6.29 Å². The zero-order valence-electron chi connectivity index (χ0n) is 8.09. The minimum atomic E-state index is -0.580. The third-order valence-electron chi connectivity index (χ3n) is 2.28. The van der Waals surface area contributed by atoms with E-state index in [-0.39, 0.29) is 6.10 Å². The quantitative estimate of drug-likeness (QED) is 0.775. The molecule has 0 spiro atoms. The van der Waals surface area contributed by atoms with Crippen molar-refractivity contribution in [2.75, 3.05) is 6.61 Å². The molecule has 3 heteroatoms. The minimum absolute atomic E-state index is 0.0456. The number of hydrogen-bond acceptors (Lipinski definition) is 3. The predicted molar refractivity (Wildman–Crippen MR) is 51.7 cm³/mol. The summed E-state index contributed by atoms with van der Waals surface area (Å²) in [6.45, 7) is 2.18. The highest BCUT2D eigenvalue weighted by molar-refractivity contribution is 5.18. The van der Waals surface area contributed by atoms with E-state index in [4.69, 9.17) is 9.47 Å². The molecule has 1 saturated heterocycles. The van der Waals surface area contributed by atoms with Gasteiger partial charge in [-0.3, -0.25) is 0 Å². The second-order valence-electron chi connectivity index (χ2n) is 3.48.